The van der Waals surface area contributed by atoms with Crippen LogP contribution in [-0.2, 0) is 14.6 Å². The highest BCUT2D eigenvalue weighted by atomic mass is 35.5. The van der Waals surface area contributed by atoms with E-state index in [4.69, 9.17) is 16.1 Å². The van der Waals surface area contributed by atoms with Crippen molar-refractivity contribution in [1.29, 1.82) is 0 Å². The summed E-state index contributed by atoms with van der Waals surface area (Å²) in [4.78, 5) is 16.6. The smallest absolute Gasteiger partial charge is 0.221 e. The van der Waals surface area contributed by atoms with E-state index < -0.39 is 15.7 Å². The van der Waals surface area contributed by atoms with Crippen LogP contribution in [0.5, 0.6) is 0 Å². The van der Waals surface area contributed by atoms with Gasteiger partial charge in [0.2, 0.25) is 5.91 Å². The Morgan fingerprint density at radius 2 is 1.91 bits per heavy atom. The zero-order valence-corrected chi connectivity index (χ0v) is 21.0. The van der Waals surface area contributed by atoms with Crippen molar-refractivity contribution in [3.8, 4) is 0 Å². The predicted octanol–water partition coefficient (Wildman–Crippen LogP) is 3.24. The lowest BCUT2D eigenvalue weighted by molar-refractivity contribution is -0.121. The topological polar surface area (TPSA) is 95.8 Å². The summed E-state index contributed by atoms with van der Waals surface area (Å²) in [6, 6.07) is 3.01. The van der Waals surface area contributed by atoms with Crippen LogP contribution in [0.25, 0.3) is 11.0 Å². The number of halogens is 2. The highest BCUT2D eigenvalue weighted by molar-refractivity contribution is 7.90. The molecule has 11 heteroatoms. The van der Waals surface area contributed by atoms with E-state index in [2.05, 4.69) is 20.3 Å². The van der Waals surface area contributed by atoms with E-state index in [1.807, 2.05) is 0 Å². The molecular formula is C23H32ClFN4O4S. The number of nitrogens with one attached hydrogen (secondary N) is 1. The number of carbonyl (C=O) groups excluding carboxylic acids is 1. The van der Waals surface area contributed by atoms with Gasteiger partial charge in [-0.3, -0.25) is 9.69 Å². The van der Waals surface area contributed by atoms with Crippen LogP contribution in [0.4, 0.5) is 10.2 Å². The Morgan fingerprint density at radius 3 is 2.59 bits per heavy atom. The first kappa shape index (κ1) is 25.2. The van der Waals surface area contributed by atoms with Crippen LogP contribution >= 0.6 is 11.6 Å². The molecule has 2 fully saturated rings. The van der Waals surface area contributed by atoms with Crippen molar-refractivity contribution in [2.24, 2.45) is 5.92 Å². The number of aromatic nitrogens is 1. The fourth-order valence-electron chi connectivity index (χ4n) is 4.87. The zero-order valence-electron chi connectivity index (χ0n) is 19.4. The maximum Gasteiger partial charge on any atom is 0.221 e. The summed E-state index contributed by atoms with van der Waals surface area (Å²) >= 11 is 5.94. The Bertz CT molecular complexity index is 1110. The lowest BCUT2D eigenvalue weighted by atomic mass is 9.84. The lowest BCUT2D eigenvalue weighted by Crippen LogP contribution is -2.47. The summed E-state index contributed by atoms with van der Waals surface area (Å²) < 4.78 is 41.4. The fraction of sp³-hybridized carbons (Fsp3) is 0.652. The lowest BCUT2D eigenvalue weighted by Gasteiger charge is -2.36. The van der Waals surface area contributed by atoms with Gasteiger partial charge < -0.3 is 14.7 Å². The average Bonchev–Trinajstić information content (AvgIpc) is 3.20. The van der Waals surface area contributed by atoms with Crippen molar-refractivity contribution in [3.63, 3.8) is 0 Å². The number of hydrogen-bond acceptors (Lipinski definition) is 7. The second kappa shape index (κ2) is 10.8. The molecule has 0 radical (unpaired) electrons. The second-order valence-electron chi connectivity index (χ2n) is 9.55. The van der Waals surface area contributed by atoms with Crippen molar-refractivity contribution in [3.05, 3.63) is 23.0 Å². The van der Waals surface area contributed by atoms with Gasteiger partial charge in [-0.25, -0.2) is 12.8 Å². The van der Waals surface area contributed by atoms with E-state index in [1.54, 1.807) is 6.07 Å². The van der Waals surface area contributed by atoms with E-state index in [-0.39, 0.29) is 29.1 Å². The number of fused-ring (bicyclic) bond motifs is 1. The minimum absolute atomic E-state index is 0.0405. The van der Waals surface area contributed by atoms with Crippen molar-refractivity contribution >= 4 is 44.1 Å². The van der Waals surface area contributed by atoms with Gasteiger partial charge in [0, 0.05) is 51.0 Å². The molecular weight excluding hydrogens is 483 g/mol. The maximum absolute atomic E-state index is 13.7. The molecule has 188 valence electrons. The number of nitrogens with zero attached hydrogens (tertiary/aromatic N) is 3. The van der Waals surface area contributed by atoms with Crippen LogP contribution in [-0.4, -0.2) is 75.2 Å². The van der Waals surface area contributed by atoms with Crippen LogP contribution in [0.3, 0.4) is 0 Å². The second-order valence-corrected chi connectivity index (χ2v) is 12.2. The maximum atomic E-state index is 13.7. The first-order valence-electron chi connectivity index (χ1n) is 11.9. The van der Waals surface area contributed by atoms with Gasteiger partial charge >= 0.3 is 0 Å². The van der Waals surface area contributed by atoms with Gasteiger partial charge in [-0.15, -0.1) is 0 Å². The first-order chi connectivity index (χ1) is 16.2. The molecule has 1 N–H and O–H groups in total. The molecule has 0 bridgehead atoms. The van der Waals surface area contributed by atoms with Gasteiger partial charge in [0.05, 0.1) is 16.2 Å². The normalized spacial score (nSPS) is 22.3. The standard InChI is InChI=1S/C23H32ClFN4O4S/c1-34(31,32)13-7-22(30)26-17-4-2-16(3-5-17)6-8-28-9-11-29(12-10-28)23-18-14-19(24)20(25)15-21(18)33-27-23/h14-17H,2-13H2,1H3,(H,26,30). The number of sulfone groups is 1. The summed E-state index contributed by atoms with van der Waals surface area (Å²) in [5, 5.41) is 7.94. The van der Waals surface area contributed by atoms with Crippen molar-refractivity contribution < 1.29 is 22.1 Å². The average molecular weight is 515 g/mol. The summed E-state index contributed by atoms with van der Waals surface area (Å²) in [5.41, 5.74) is 0.404. The van der Waals surface area contributed by atoms with Gasteiger partial charge in [0.15, 0.2) is 11.4 Å². The van der Waals surface area contributed by atoms with Crippen LogP contribution in [0.2, 0.25) is 5.02 Å². The molecule has 1 amide bonds. The number of carbonyl (C=O) groups is 1. The number of hydrogen-bond donors (Lipinski definition) is 1. The number of anilines is 1. The summed E-state index contributed by atoms with van der Waals surface area (Å²) in [6.07, 6.45) is 6.39. The van der Waals surface area contributed by atoms with Gasteiger partial charge in [-0.2, -0.15) is 0 Å². The van der Waals surface area contributed by atoms with Gasteiger partial charge in [-0.05, 0) is 50.6 Å². The SMILES string of the molecule is CS(=O)(=O)CCC(=O)NC1CCC(CCN2CCN(c3noc4cc(F)c(Cl)cc34)CC2)CC1. The molecule has 2 aromatic rings. The summed E-state index contributed by atoms with van der Waals surface area (Å²) in [5.74, 6) is 0.594. The molecule has 1 aromatic carbocycles. The first-order valence-corrected chi connectivity index (χ1v) is 14.3. The fourth-order valence-corrected chi connectivity index (χ4v) is 5.59. The largest absolute Gasteiger partial charge is 0.354 e. The van der Waals surface area contributed by atoms with Crippen molar-refractivity contribution in [1.82, 2.24) is 15.4 Å². The van der Waals surface area contributed by atoms with E-state index in [0.717, 1.165) is 76.5 Å². The van der Waals surface area contributed by atoms with Crippen LogP contribution in [0.1, 0.15) is 38.5 Å². The van der Waals surface area contributed by atoms with Crippen LogP contribution in [0, 0.1) is 11.7 Å². The minimum Gasteiger partial charge on any atom is -0.354 e. The Labute approximate surface area is 204 Å². The van der Waals surface area contributed by atoms with Gasteiger partial charge in [-0.1, -0.05) is 16.8 Å². The van der Waals surface area contributed by atoms with Gasteiger partial charge in [0.25, 0.3) is 0 Å². The number of rotatable bonds is 8. The number of amides is 1. The quantitative estimate of drug-likeness (QED) is 0.577. The molecule has 0 spiro atoms. The highest BCUT2D eigenvalue weighted by Gasteiger charge is 2.25. The van der Waals surface area contributed by atoms with Crippen molar-refractivity contribution in [2.45, 2.75) is 44.6 Å². The number of piperazine rings is 1. The predicted molar refractivity (Wildman–Crippen MR) is 130 cm³/mol. The molecule has 1 aromatic heterocycles. The molecule has 1 aliphatic carbocycles. The third kappa shape index (κ3) is 6.60. The molecule has 2 aliphatic rings. The molecule has 1 saturated heterocycles. The molecule has 2 heterocycles. The van der Waals surface area contributed by atoms with E-state index >= 15 is 0 Å². The third-order valence-electron chi connectivity index (χ3n) is 6.93. The Kier molecular flexibility index (Phi) is 7.99. The highest BCUT2D eigenvalue weighted by Crippen LogP contribution is 2.31. The number of benzene rings is 1. The molecule has 0 unspecified atom stereocenters. The molecule has 34 heavy (non-hydrogen) atoms. The third-order valence-corrected chi connectivity index (χ3v) is 8.17. The van der Waals surface area contributed by atoms with Gasteiger partial charge in [0.1, 0.15) is 15.7 Å². The Balaban J connectivity index is 1.16. The zero-order chi connectivity index (χ0) is 24.3. The summed E-state index contributed by atoms with van der Waals surface area (Å²) in [6.45, 7) is 4.54. The Morgan fingerprint density at radius 1 is 1.21 bits per heavy atom. The summed E-state index contributed by atoms with van der Waals surface area (Å²) in [7, 11) is -3.11. The molecule has 4 rings (SSSR count). The Hall–Kier alpha value is -1.91. The van der Waals surface area contributed by atoms with Crippen LogP contribution < -0.4 is 10.2 Å². The van der Waals surface area contributed by atoms with E-state index in [0.29, 0.717) is 17.3 Å². The minimum atomic E-state index is -3.11. The molecule has 1 saturated carbocycles. The monoisotopic (exact) mass is 514 g/mol. The molecule has 8 nitrogen and oxygen atoms in total. The molecule has 0 atom stereocenters. The van der Waals surface area contributed by atoms with E-state index in [1.165, 1.54) is 6.07 Å². The van der Waals surface area contributed by atoms with Crippen LogP contribution in [0.15, 0.2) is 16.7 Å². The van der Waals surface area contributed by atoms with Crippen molar-refractivity contribution in [2.75, 3.05) is 49.6 Å². The molecule has 1 aliphatic heterocycles. The van der Waals surface area contributed by atoms with E-state index in [9.17, 15) is 17.6 Å².